The first kappa shape index (κ1) is 11.2. The summed E-state index contributed by atoms with van der Waals surface area (Å²) in [6.45, 7) is 0.989. The third-order valence-electron chi connectivity index (χ3n) is 3.26. The highest BCUT2D eigenvalue weighted by Crippen LogP contribution is 2.25. The molecule has 0 saturated heterocycles. The maximum absolute atomic E-state index is 5.47. The number of nitrogen functional groups attached to an aromatic ring is 1. The zero-order valence-corrected chi connectivity index (χ0v) is 9.65. The Morgan fingerprint density at radius 3 is 2.69 bits per heavy atom. The second-order valence-electron chi connectivity index (χ2n) is 4.55. The molecule has 16 heavy (non-hydrogen) atoms. The molecule has 0 aromatic carbocycles. The molecule has 4 heteroatoms. The van der Waals surface area contributed by atoms with Crippen molar-refractivity contribution in [3.63, 3.8) is 0 Å². The van der Waals surface area contributed by atoms with Gasteiger partial charge in [0.25, 0.3) is 0 Å². The van der Waals surface area contributed by atoms with Crippen LogP contribution < -0.4 is 11.1 Å². The van der Waals surface area contributed by atoms with Crippen LogP contribution in [0, 0.1) is 5.92 Å². The van der Waals surface area contributed by atoms with E-state index < -0.39 is 0 Å². The molecule has 1 heterocycles. The van der Waals surface area contributed by atoms with Crippen molar-refractivity contribution in [3.8, 4) is 0 Å². The van der Waals surface area contributed by atoms with Gasteiger partial charge < -0.3 is 11.1 Å². The van der Waals surface area contributed by atoms with Crippen LogP contribution in [-0.4, -0.2) is 16.5 Å². The summed E-state index contributed by atoms with van der Waals surface area (Å²) in [5, 5.41) is 3.29. The third-order valence-corrected chi connectivity index (χ3v) is 3.26. The molecule has 0 atom stereocenters. The zero-order valence-electron chi connectivity index (χ0n) is 9.65. The number of nitrogens with one attached hydrogen (secondary N) is 1. The number of hydrogen-bond acceptors (Lipinski definition) is 4. The predicted molar refractivity (Wildman–Crippen MR) is 66.1 cm³/mol. The van der Waals surface area contributed by atoms with Crippen molar-refractivity contribution in [2.75, 3.05) is 17.6 Å². The maximum Gasteiger partial charge on any atom is 0.144 e. The van der Waals surface area contributed by atoms with Gasteiger partial charge in [0.1, 0.15) is 11.6 Å². The minimum atomic E-state index is 0.470. The average Bonchev–Trinajstić information content (AvgIpc) is 2.33. The fraction of sp³-hybridized carbons (Fsp3) is 0.667. The largest absolute Gasteiger partial charge is 0.382 e. The van der Waals surface area contributed by atoms with E-state index in [0.29, 0.717) is 5.82 Å². The SMILES string of the molecule is Nc1cnc(NCCC2CCCCC2)cn1. The highest BCUT2D eigenvalue weighted by atomic mass is 15.0. The van der Waals surface area contributed by atoms with Crippen molar-refractivity contribution < 1.29 is 0 Å². The van der Waals surface area contributed by atoms with Crippen LogP contribution in [0.1, 0.15) is 38.5 Å². The Bertz CT molecular complexity index is 303. The highest BCUT2D eigenvalue weighted by Gasteiger charge is 2.12. The molecule has 1 fully saturated rings. The molecule has 0 spiro atoms. The lowest BCUT2D eigenvalue weighted by Gasteiger charge is -2.21. The summed E-state index contributed by atoms with van der Waals surface area (Å²) in [4.78, 5) is 8.16. The molecule has 88 valence electrons. The normalized spacial score (nSPS) is 17.2. The van der Waals surface area contributed by atoms with Gasteiger partial charge >= 0.3 is 0 Å². The Morgan fingerprint density at radius 1 is 1.19 bits per heavy atom. The Hall–Kier alpha value is -1.32. The smallest absolute Gasteiger partial charge is 0.144 e. The molecule has 1 aromatic heterocycles. The zero-order chi connectivity index (χ0) is 11.2. The third kappa shape index (κ3) is 3.36. The van der Waals surface area contributed by atoms with Crippen LogP contribution in [0.15, 0.2) is 12.4 Å². The molecular weight excluding hydrogens is 200 g/mol. The molecule has 1 aliphatic rings. The van der Waals surface area contributed by atoms with Gasteiger partial charge in [0, 0.05) is 6.54 Å². The first-order valence-corrected chi connectivity index (χ1v) is 6.16. The van der Waals surface area contributed by atoms with Crippen LogP contribution in [0.2, 0.25) is 0 Å². The van der Waals surface area contributed by atoms with Crippen LogP contribution in [0.25, 0.3) is 0 Å². The van der Waals surface area contributed by atoms with Gasteiger partial charge in [-0.05, 0) is 12.3 Å². The summed E-state index contributed by atoms with van der Waals surface area (Å²) in [5.74, 6) is 2.20. The summed E-state index contributed by atoms with van der Waals surface area (Å²) in [7, 11) is 0. The van der Waals surface area contributed by atoms with Crippen LogP contribution in [-0.2, 0) is 0 Å². The number of hydrogen-bond donors (Lipinski definition) is 2. The molecule has 0 radical (unpaired) electrons. The molecule has 0 aliphatic heterocycles. The highest BCUT2D eigenvalue weighted by molar-refractivity contribution is 5.35. The number of nitrogens with two attached hydrogens (primary N) is 1. The molecule has 3 N–H and O–H groups in total. The van der Waals surface area contributed by atoms with Gasteiger partial charge in [0.05, 0.1) is 12.4 Å². The molecule has 1 saturated carbocycles. The first-order chi connectivity index (χ1) is 7.84. The molecule has 1 aliphatic carbocycles. The molecule has 0 bridgehead atoms. The van der Waals surface area contributed by atoms with E-state index in [2.05, 4.69) is 15.3 Å². The minimum Gasteiger partial charge on any atom is -0.382 e. The van der Waals surface area contributed by atoms with Crippen LogP contribution in [0.3, 0.4) is 0 Å². The lowest BCUT2D eigenvalue weighted by Crippen LogP contribution is -2.12. The molecule has 2 rings (SSSR count). The van der Waals surface area contributed by atoms with E-state index in [1.54, 1.807) is 12.4 Å². The van der Waals surface area contributed by atoms with Crippen LogP contribution >= 0.6 is 0 Å². The van der Waals surface area contributed by atoms with Crippen molar-refractivity contribution in [2.45, 2.75) is 38.5 Å². The van der Waals surface area contributed by atoms with Crippen molar-refractivity contribution in [3.05, 3.63) is 12.4 Å². The summed E-state index contributed by atoms with van der Waals surface area (Å²) >= 11 is 0. The molecule has 0 amide bonds. The maximum atomic E-state index is 5.47. The van der Waals surface area contributed by atoms with E-state index in [1.807, 2.05) is 0 Å². The molecule has 1 aromatic rings. The lowest BCUT2D eigenvalue weighted by atomic mass is 9.87. The quantitative estimate of drug-likeness (QED) is 0.818. The second-order valence-corrected chi connectivity index (χ2v) is 4.55. The van der Waals surface area contributed by atoms with Crippen molar-refractivity contribution in [2.24, 2.45) is 5.92 Å². The van der Waals surface area contributed by atoms with Gasteiger partial charge in [-0.15, -0.1) is 0 Å². The van der Waals surface area contributed by atoms with Gasteiger partial charge in [0.2, 0.25) is 0 Å². The summed E-state index contributed by atoms with van der Waals surface area (Å²) in [6, 6.07) is 0. The van der Waals surface area contributed by atoms with Crippen LogP contribution in [0.4, 0.5) is 11.6 Å². The molecule has 0 unspecified atom stereocenters. The van der Waals surface area contributed by atoms with Gasteiger partial charge in [-0.3, -0.25) is 0 Å². The van der Waals surface area contributed by atoms with E-state index in [9.17, 15) is 0 Å². The fourth-order valence-corrected chi connectivity index (χ4v) is 2.31. The van der Waals surface area contributed by atoms with E-state index in [1.165, 1.54) is 38.5 Å². The monoisotopic (exact) mass is 220 g/mol. The minimum absolute atomic E-state index is 0.470. The number of rotatable bonds is 4. The van der Waals surface area contributed by atoms with Crippen molar-refractivity contribution >= 4 is 11.6 Å². The van der Waals surface area contributed by atoms with E-state index in [4.69, 9.17) is 5.73 Å². The van der Waals surface area contributed by atoms with Crippen molar-refractivity contribution in [1.29, 1.82) is 0 Å². The topological polar surface area (TPSA) is 63.8 Å². The standard InChI is InChI=1S/C12H20N4/c13-11-8-16-12(9-15-11)14-7-6-10-4-2-1-3-5-10/h8-10H,1-7H2,(H2,13,15)(H,14,16). The predicted octanol–water partition coefficient (Wildman–Crippen LogP) is 2.44. The lowest BCUT2D eigenvalue weighted by molar-refractivity contribution is 0.345. The average molecular weight is 220 g/mol. The molecule has 4 nitrogen and oxygen atoms in total. The number of anilines is 2. The Balaban J connectivity index is 1.69. The Morgan fingerprint density at radius 2 is 2.00 bits per heavy atom. The second kappa shape index (κ2) is 5.68. The Labute approximate surface area is 96.7 Å². The summed E-state index contributed by atoms with van der Waals surface area (Å²) in [6.07, 6.45) is 11.6. The van der Waals surface area contributed by atoms with Gasteiger partial charge in [-0.25, -0.2) is 9.97 Å². The Kier molecular flexibility index (Phi) is 3.97. The number of aromatic nitrogens is 2. The summed E-state index contributed by atoms with van der Waals surface area (Å²) < 4.78 is 0. The number of nitrogens with zero attached hydrogens (tertiary/aromatic N) is 2. The van der Waals surface area contributed by atoms with Gasteiger partial charge in [-0.2, -0.15) is 0 Å². The van der Waals surface area contributed by atoms with Crippen molar-refractivity contribution in [1.82, 2.24) is 9.97 Å². The molecular formula is C12H20N4. The van der Waals surface area contributed by atoms with Gasteiger partial charge in [0.15, 0.2) is 0 Å². The fourth-order valence-electron chi connectivity index (χ4n) is 2.31. The summed E-state index contributed by atoms with van der Waals surface area (Å²) in [5.41, 5.74) is 5.47. The van der Waals surface area contributed by atoms with E-state index >= 15 is 0 Å². The van der Waals surface area contributed by atoms with E-state index in [-0.39, 0.29) is 0 Å². The van der Waals surface area contributed by atoms with E-state index in [0.717, 1.165) is 18.3 Å². The first-order valence-electron chi connectivity index (χ1n) is 6.16. The van der Waals surface area contributed by atoms with Crippen LogP contribution in [0.5, 0.6) is 0 Å². The van der Waals surface area contributed by atoms with Gasteiger partial charge in [-0.1, -0.05) is 32.1 Å².